The lowest BCUT2D eigenvalue weighted by atomic mass is 9.43. The molecule has 0 aromatic heterocycles. The molecule has 4 saturated carbocycles. The molecule has 4 aliphatic carbocycles. The maximum atomic E-state index is 13.5. The molecule has 0 heterocycles. The molecule has 4 aliphatic rings. The van der Waals surface area contributed by atoms with Crippen LogP contribution in [0.3, 0.4) is 0 Å². The number of rotatable bonds is 3. The molecule has 8 atom stereocenters. The predicted molar refractivity (Wildman–Crippen MR) is 120 cm³/mol. The molecular formula is C28H40O. The van der Waals surface area contributed by atoms with E-state index in [2.05, 4.69) is 20.8 Å². The van der Waals surface area contributed by atoms with Crippen LogP contribution in [0.5, 0.6) is 0 Å². The Morgan fingerprint density at radius 3 is 2.34 bits per heavy atom. The average molecular weight is 393 g/mol. The van der Waals surface area contributed by atoms with Crippen LogP contribution in [0.2, 0.25) is 0 Å². The highest BCUT2D eigenvalue weighted by molar-refractivity contribution is 5.98. The van der Waals surface area contributed by atoms with E-state index in [4.69, 9.17) is 0 Å². The largest absolute Gasteiger partial charge is 0.294 e. The average Bonchev–Trinajstić information content (AvgIpc) is 3.09. The highest BCUT2D eigenvalue weighted by atomic mass is 16.1. The van der Waals surface area contributed by atoms with Gasteiger partial charge in [-0.1, -0.05) is 63.9 Å². The van der Waals surface area contributed by atoms with Crippen LogP contribution in [0.15, 0.2) is 30.3 Å². The minimum Gasteiger partial charge on any atom is -0.294 e. The summed E-state index contributed by atoms with van der Waals surface area (Å²) in [7, 11) is 0. The highest BCUT2D eigenvalue weighted by Crippen LogP contribution is 2.68. The van der Waals surface area contributed by atoms with Gasteiger partial charge < -0.3 is 0 Å². The molecule has 29 heavy (non-hydrogen) atoms. The van der Waals surface area contributed by atoms with E-state index in [1.165, 1.54) is 57.8 Å². The summed E-state index contributed by atoms with van der Waals surface area (Å²) in [5.74, 6) is 5.01. The van der Waals surface area contributed by atoms with E-state index in [0.717, 1.165) is 35.7 Å². The van der Waals surface area contributed by atoms with Crippen LogP contribution in [0.25, 0.3) is 0 Å². The van der Waals surface area contributed by atoms with Gasteiger partial charge in [0, 0.05) is 11.5 Å². The van der Waals surface area contributed by atoms with Gasteiger partial charge in [0.2, 0.25) is 0 Å². The van der Waals surface area contributed by atoms with Crippen molar-refractivity contribution >= 4 is 5.78 Å². The Labute approximate surface area is 178 Å². The predicted octanol–water partition coefficient (Wildman–Crippen LogP) is 7.55. The van der Waals surface area contributed by atoms with Crippen molar-refractivity contribution in [3.05, 3.63) is 35.9 Å². The van der Waals surface area contributed by atoms with Crippen molar-refractivity contribution in [3.63, 3.8) is 0 Å². The molecule has 0 amide bonds. The summed E-state index contributed by atoms with van der Waals surface area (Å²) in [6, 6.07) is 10.2. The normalized spacial score (nSPS) is 46.4. The fourth-order valence-corrected chi connectivity index (χ4v) is 9.33. The van der Waals surface area contributed by atoms with Crippen LogP contribution in [0, 0.1) is 46.3 Å². The fraction of sp³-hybridized carbons (Fsp3) is 0.750. The molecule has 5 rings (SSSR count). The number of benzene rings is 1. The lowest BCUT2D eigenvalue weighted by Gasteiger charge is -2.61. The van der Waals surface area contributed by atoms with E-state index in [9.17, 15) is 4.79 Å². The van der Waals surface area contributed by atoms with E-state index in [0.29, 0.717) is 22.5 Å². The second kappa shape index (κ2) is 7.24. The van der Waals surface area contributed by atoms with Crippen molar-refractivity contribution in [2.45, 2.75) is 85.0 Å². The summed E-state index contributed by atoms with van der Waals surface area (Å²) in [4.78, 5) is 13.5. The van der Waals surface area contributed by atoms with E-state index in [1.807, 2.05) is 30.3 Å². The number of carbonyl (C=O) groups is 1. The second-order valence-corrected chi connectivity index (χ2v) is 11.5. The van der Waals surface area contributed by atoms with Gasteiger partial charge in [-0.15, -0.1) is 0 Å². The Kier molecular flexibility index (Phi) is 4.95. The Morgan fingerprint density at radius 2 is 1.59 bits per heavy atom. The minimum absolute atomic E-state index is 0.261. The Hall–Kier alpha value is -1.11. The van der Waals surface area contributed by atoms with Crippen molar-refractivity contribution in [2.24, 2.45) is 46.3 Å². The van der Waals surface area contributed by atoms with Crippen molar-refractivity contribution < 1.29 is 4.79 Å². The first-order chi connectivity index (χ1) is 14.0. The van der Waals surface area contributed by atoms with Crippen molar-refractivity contribution in [1.29, 1.82) is 0 Å². The summed E-state index contributed by atoms with van der Waals surface area (Å²) in [6.45, 7) is 7.67. The molecule has 4 fully saturated rings. The van der Waals surface area contributed by atoms with E-state index < -0.39 is 0 Å². The Morgan fingerprint density at radius 1 is 0.862 bits per heavy atom. The molecule has 158 valence electrons. The quantitative estimate of drug-likeness (QED) is 0.485. The Balaban J connectivity index is 1.42. The third-order valence-electron chi connectivity index (χ3n) is 10.7. The van der Waals surface area contributed by atoms with Gasteiger partial charge in [-0.2, -0.15) is 0 Å². The van der Waals surface area contributed by atoms with Crippen LogP contribution in [-0.2, 0) is 0 Å². The molecule has 0 spiro atoms. The molecule has 0 radical (unpaired) electrons. The first-order valence-electron chi connectivity index (χ1n) is 12.6. The number of carbonyl (C=O) groups excluding carboxylic acids is 1. The number of hydrogen-bond donors (Lipinski definition) is 0. The topological polar surface area (TPSA) is 17.1 Å². The zero-order chi connectivity index (χ0) is 20.2. The standard InChI is InChI=1S/C28H40O/c1-4-20-12-14-23-21-13-15-24-22(26(29)19-9-6-5-7-10-19)11-8-17-28(24,3)25(21)16-18-27(20,23)2/h5-7,9-10,20-25H,4,8,11-18H2,1-3H3/t20-,21-,22?,23-,24?,25-,27+,28-/m0/s1. The van der Waals surface area contributed by atoms with E-state index >= 15 is 0 Å². The maximum Gasteiger partial charge on any atom is 0.166 e. The van der Waals surface area contributed by atoms with Gasteiger partial charge in [0.05, 0.1) is 0 Å². The molecule has 0 saturated heterocycles. The van der Waals surface area contributed by atoms with E-state index in [1.54, 1.807) is 0 Å². The van der Waals surface area contributed by atoms with Gasteiger partial charge in [0.15, 0.2) is 5.78 Å². The summed E-state index contributed by atoms with van der Waals surface area (Å²) < 4.78 is 0. The van der Waals surface area contributed by atoms with Gasteiger partial charge in [-0.25, -0.2) is 0 Å². The van der Waals surface area contributed by atoms with Gasteiger partial charge in [0.25, 0.3) is 0 Å². The molecule has 1 nitrogen and oxygen atoms in total. The third kappa shape index (κ3) is 2.89. The van der Waals surface area contributed by atoms with Crippen LogP contribution >= 0.6 is 0 Å². The molecule has 1 aromatic rings. The fourth-order valence-electron chi connectivity index (χ4n) is 9.33. The maximum absolute atomic E-state index is 13.5. The van der Waals surface area contributed by atoms with Crippen LogP contribution in [-0.4, -0.2) is 5.78 Å². The lowest BCUT2D eigenvalue weighted by molar-refractivity contribution is -0.121. The molecule has 1 aromatic carbocycles. The summed E-state index contributed by atoms with van der Waals surface area (Å²) in [5, 5.41) is 0. The van der Waals surface area contributed by atoms with Crippen molar-refractivity contribution in [3.8, 4) is 0 Å². The highest BCUT2D eigenvalue weighted by Gasteiger charge is 2.60. The van der Waals surface area contributed by atoms with Gasteiger partial charge >= 0.3 is 0 Å². The first kappa shape index (κ1) is 19.8. The Bertz CT molecular complexity index is 753. The number of ketones is 1. The van der Waals surface area contributed by atoms with Gasteiger partial charge in [-0.3, -0.25) is 4.79 Å². The van der Waals surface area contributed by atoms with Crippen LogP contribution in [0.1, 0.15) is 95.3 Å². The van der Waals surface area contributed by atoms with E-state index in [-0.39, 0.29) is 5.92 Å². The number of Topliss-reactive ketones (excluding diaryl/α,β-unsaturated/α-hetero) is 1. The van der Waals surface area contributed by atoms with Gasteiger partial charge in [-0.05, 0) is 91.8 Å². The van der Waals surface area contributed by atoms with Crippen LogP contribution in [0.4, 0.5) is 0 Å². The molecular weight excluding hydrogens is 352 g/mol. The number of fused-ring (bicyclic) bond motifs is 5. The SMILES string of the molecule is CC[C@H]1CC[C@H]2[C@@H]3CCC4C(C(=O)c5ccccc5)CCC[C@]4(C)[C@H]3CC[C@]12C. The molecule has 0 aliphatic heterocycles. The van der Waals surface area contributed by atoms with Gasteiger partial charge in [0.1, 0.15) is 0 Å². The summed E-state index contributed by atoms with van der Waals surface area (Å²) in [5.41, 5.74) is 1.94. The monoisotopic (exact) mass is 392 g/mol. The first-order valence-corrected chi connectivity index (χ1v) is 12.6. The smallest absolute Gasteiger partial charge is 0.166 e. The zero-order valence-corrected chi connectivity index (χ0v) is 18.8. The zero-order valence-electron chi connectivity index (χ0n) is 18.8. The van der Waals surface area contributed by atoms with Crippen molar-refractivity contribution in [2.75, 3.05) is 0 Å². The third-order valence-corrected chi connectivity index (χ3v) is 10.7. The summed E-state index contributed by atoms with van der Waals surface area (Å²) in [6.07, 6.45) is 13.6. The molecule has 0 N–H and O–H groups in total. The molecule has 1 heteroatoms. The van der Waals surface area contributed by atoms with Crippen molar-refractivity contribution in [1.82, 2.24) is 0 Å². The molecule has 2 unspecified atom stereocenters. The van der Waals surface area contributed by atoms with Crippen LogP contribution < -0.4 is 0 Å². The molecule has 0 bridgehead atoms. The minimum atomic E-state index is 0.261. The lowest BCUT2D eigenvalue weighted by Crippen LogP contribution is -2.55. The summed E-state index contributed by atoms with van der Waals surface area (Å²) >= 11 is 0. The number of hydrogen-bond acceptors (Lipinski definition) is 1. The second-order valence-electron chi connectivity index (χ2n) is 11.5.